The van der Waals surface area contributed by atoms with Crippen molar-refractivity contribution < 1.29 is 27.5 Å². The monoisotopic (exact) mass is 522 g/mol. The summed E-state index contributed by atoms with van der Waals surface area (Å²) in [7, 11) is 0. The van der Waals surface area contributed by atoms with Crippen molar-refractivity contribution in [3.63, 3.8) is 0 Å². The van der Waals surface area contributed by atoms with E-state index in [1.165, 1.54) is 35.1 Å². The SMILES string of the molecule is CC1(c2cc(NC(=O)Nc3ccc(Oc4ccnc(C(N)=O)c4)cc3F)n(-c3cc(F)cc(F)c3)n2)CC1. The highest BCUT2D eigenvalue weighted by atomic mass is 19.1. The lowest BCUT2D eigenvalue weighted by molar-refractivity contribution is 0.0995. The molecule has 194 valence electrons. The molecule has 5 rings (SSSR count). The van der Waals surface area contributed by atoms with Crippen LogP contribution in [0.25, 0.3) is 5.69 Å². The number of pyridine rings is 1. The van der Waals surface area contributed by atoms with Crippen LogP contribution < -0.4 is 21.1 Å². The van der Waals surface area contributed by atoms with E-state index in [1.807, 2.05) is 6.92 Å². The molecule has 2 heterocycles. The molecule has 12 heteroatoms. The molecule has 0 bridgehead atoms. The van der Waals surface area contributed by atoms with Crippen LogP contribution in [0.3, 0.4) is 0 Å². The fraction of sp³-hybridized carbons (Fsp3) is 0.154. The van der Waals surface area contributed by atoms with Gasteiger partial charge in [0, 0.05) is 35.9 Å². The molecular weight excluding hydrogens is 501 g/mol. The second kappa shape index (κ2) is 9.54. The lowest BCUT2D eigenvalue weighted by atomic mass is 10.1. The molecule has 2 aromatic carbocycles. The van der Waals surface area contributed by atoms with Crippen LogP contribution in [-0.2, 0) is 5.41 Å². The third-order valence-corrected chi connectivity index (χ3v) is 6.07. The van der Waals surface area contributed by atoms with Gasteiger partial charge in [-0.3, -0.25) is 15.1 Å². The highest BCUT2D eigenvalue weighted by molar-refractivity contribution is 5.99. The molecule has 0 saturated heterocycles. The highest BCUT2D eigenvalue weighted by Crippen LogP contribution is 2.47. The number of nitrogens with two attached hydrogens (primary N) is 1. The fourth-order valence-corrected chi connectivity index (χ4v) is 3.74. The minimum atomic E-state index is -0.802. The number of amides is 3. The minimum Gasteiger partial charge on any atom is -0.457 e. The topological polar surface area (TPSA) is 124 Å². The number of primary amides is 1. The summed E-state index contributed by atoms with van der Waals surface area (Å²) in [6.07, 6.45) is 3.09. The fourth-order valence-electron chi connectivity index (χ4n) is 3.74. The number of carbonyl (C=O) groups excluding carboxylic acids is 2. The Kier molecular flexibility index (Phi) is 6.23. The minimum absolute atomic E-state index is 0.0167. The van der Waals surface area contributed by atoms with Crippen molar-refractivity contribution in [1.82, 2.24) is 14.8 Å². The van der Waals surface area contributed by atoms with E-state index < -0.39 is 29.4 Å². The standard InChI is InChI=1S/C26H21F3N6O3/c1-26(5-6-26)22-13-23(35(34-22)16-9-14(27)8-15(28)10-16)33-25(37)32-20-3-2-17(11-19(20)29)38-18-4-7-31-21(12-18)24(30)36/h2-4,7-13H,5-6H2,1H3,(H2,30,36)(H2,32,33,37). The van der Waals surface area contributed by atoms with E-state index in [9.17, 15) is 22.8 Å². The van der Waals surface area contributed by atoms with Crippen LogP contribution in [0, 0.1) is 17.5 Å². The molecule has 0 radical (unpaired) electrons. The Morgan fingerprint density at radius 1 is 0.974 bits per heavy atom. The Hall–Kier alpha value is -4.87. The number of hydrogen-bond acceptors (Lipinski definition) is 5. The van der Waals surface area contributed by atoms with E-state index in [-0.39, 0.29) is 39.8 Å². The lowest BCUT2D eigenvalue weighted by Crippen LogP contribution is -2.22. The molecule has 2 aromatic heterocycles. The van der Waals surface area contributed by atoms with Crippen LogP contribution in [0.15, 0.2) is 60.8 Å². The van der Waals surface area contributed by atoms with Gasteiger partial charge in [0.15, 0.2) is 0 Å². The van der Waals surface area contributed by atoms with Crippen molar-refractivity contribution in [2.24, 2.45) is 5.73 Å². The number of aromatic nitrogens is 3. The predicted octanol–water partition coefficient (Wildman–Crippen LogP) is 5.27. The van der Waals surface area contributed by atoms with Crippen LogP contribution in [0.4, 0.5) is 29.5 Å². The Labute approximate surface area is 214 Å². The molecule has 0 aliphatic heterocycles. The number of rotatable bonds is 7. The van der Waals surface area contributed by atoms with Crippen molar-refractivity contribution in [3.8, 4) is 17.2 Å². The van der Waals surface area contributed by atoms with Crippen molar-refractivity contribution in [1.29, 1.82) is 0 Å². The maximum Gasteiger partial charge on any atom is 0.324 e. The maximum atomic E-state index is 14.8. The zero-order valence-electron chi connectivity index (χ0n) is 20.0. The van der Waals surface area contributed by atoms with Crippen molar-refractivity contribution in [3.05, 3.63) is 89.6 Å². The van der Waals surface area contributed by atoms with Crippen molar-refractivity contribution in [2.45, 2.75) is 25.2 Å². The number of nitrogens with zero attached hydrogens (tertiary/aromatic N) is 3. The molecule has 0 spiro atoms. The van der Waals surface area contributed by atoms with E-state index >= 15 is 0 Å². The molecule has 1 fully saturated rings. The van der Waals surface area contributed by atoms with Gasteiger partial charge in [0.1, 0.15) is 40.5 Å². The van der Waals surface area contributed by atoms with Crippen molar-refractivity contribution in [2.75, 3.05) is 10.6 Å². The van der Waals surface area contributed by atoms with Gasteiger partial charge in [0.05, 0.1) is 17.1 Å². The first-order valence-electron chi connectivity index (χ1n) is 11.5. The number of hydrogen-bond donors (Lipinski definition) is 3. The van der Waals surface area contributed by atoms with Crippen LogP contribution in [0.1, 0.15) is 35.9 Å². The highest BCUT2D eigenvalue weighted by Gasteiger charge is 2.42. The second-order valence-corrected chi connectivity index (χ2v) is 9.08. The van der Waals surface area contributed by atoms with E-state index in [1.54, 1.807) is 6.07 Å². The molecule has 0 unspecified atom stereocenters. The van der Waals surface area contributed by atoms with Gasteiger partial charge in [0.25, 0.3) is 5.91 Å². The van der Waals surface area contributed by atoms with Gasteiger partial charge in [-0.2, -0.15) is 5.10 Å². The number of anilines is 2. The van der Waals surface area contributed by atoms with E-state index in [4.69, 9.17) is 10.5 Å². The molecule has 3 amide bonds. The first-order valence-corrected chi connectivity index (χ1v) is 11.5. The number of nitrogens with one attached hydrogen (secondary N) is 2. The van der Waals surface area contributed by atoms with Gasteiger partial charge in [-0.15, -0.1) is 0 Å². The van der Waals surface area contributed by atoms with Gasteiger partial charge in [-0.25, -0.2) is 22.6 Å². The zero-order valence-corrected chi connectivity index (χ0v) is 20.0. The number of halogens is 3. The van der Waals surface area contributed by atoms with Gasteiger partial charge < -0.3 is 15.8 Å². The van der Waals surface area contributed by atoms with Gasteiger partial charge in [-0.1, -0.05) is 6.92 Å². The van der Waals surface area contributed by atoms with E-state index in [0.717, 1.165) is 37.1 Å². The summed E-state index contributed by atoms with van der Waals surface area (Å²) in [5.74, 6) is -2.67. The molecule has 1 saturated carbocycles. The summed E-state index contributed by atoms with van der Waals surface area (Å²) in [6, 6.07) is 10.3. The third-order valence-electron chi connectivity index (χ3n) is 6.07. The second-order valence-electron chi connectivity index (χ2n) is 9.08. The van der Waals surface area contributed by atoms with Crippen LogP contribution in [0.5, 0.6) is 11.5 Å². The largest absolute Gasteiger partial charge is 0.457 e. The van der Waals surface area contributed by atoms with Crippen LogP contribution in [0.2, 0.25) is 0 Å². The smallest absolute Gasteiger partial charge is 0.324 e. The summed E-state index contributed by atoms with van der Waals surface area (Å²) >= 11 is 0. The summed E-state index contributed by atoms with van der Waals surface area (Å²) in [6.45, 7) is 2.00. The Bertz CT molecular complexity index is 1550. The maximum absolute atomic E-state index is 14.8. The van der Waals surface area contributed by atoms with Gasteiger partial charge in [0.2, 0.25) is 0 Å². The van der Waals surface area contributed by atoms with Crippen molar-refractivity contribution >= 4 is 23.4 Å². The predicted molar refractivity (Wildman–Crippen MR) is 132 cm³/mol. The number of benzene rings is 2. The lowest BCUT2D eigenvalue weighted by Gasteiger charge is -2.12. The Morgan fingerprint density at radius 3 is 2.34 bits per heavy atom. The molecular formula is C26H21F3N6O3. The molecule has 4 N–H and O–H groups in total. The average molecular weight is 522 g/mol. The van der Waals surface area contributed by atoms with E-state index in [0.29, 0.717) is 5.69 Å². The Balaban J connectivity index is 1.33. The number of carbonyl (C=O) groups is 2. The molecule has 1 aliphatic carbocycles. The van der Waals surface area contributed by atoms with Crippen LogP contribution in [-0.4, -0.2) is 26.7 Å². The summed E-state index contributed by atoms with van der Waals surface area (Å²) < 4.78 is 49.2. The molecule has 0 atom stereocenters. The number of ether oxygens (including phenoxy) is 1. The zero-order chi connectivity index (χ0) is 27.0. The number of urea groups is 1. The first-order chi connectivity index (χ1) is 18.1. The van der Waals surface area contributed by atoms with E-state index in [2.05, 4.69) is 20.7 Å². The quantitative estimate of drug-likeness (QED) is 0.305. The van der Waals surface area contributed by atoms with Gasteiger partial charge >= 0.3 is 6.03 Å². The Morgan fingerprint density at radius 2 is 1.68 bits per heavy atom. The third kappa shape index (κ3) is 5.28. The van der Waals surface area contributed by atoms with Crippen LogP contribution >= 0.6 is 0 Å². The summed E-state index contributed by atoms with van der Waals surface area (Å²) in [5.41, 5.74) is 5.57. The summed E-state index contributed by atoms with van der Waals surface area (Å²) in [4.78, 5) is 27.8. The molecule has 1 aliphatic rings. The molecule has 38 heavy (non-hydrogen) atoms. The first kappa shape index (κ1) is 24.8. The molecule has 9 nitrogen and oxygen atoms in total. The molecule has 4 aromatic rings. The average Bonchev–Trinajstić information content (AvgIpc) is 3.46. The normalized spacial score (nSPS) is 13.6. The summed E-state index contributed by atoms with van der Waals surface area (Å²) in [5, 5.41) is 9.43. The van der Waals surface area contributed by atoms with Gasteiger partial charge in [-0.05, 0) is 43.2 Å².